The zero-order valence-corrected chi connectivity index (χ0v) is 34.7. The van der Waals surface area contributed by atoms with E-state index in [9.17, 15) is 0 Å². The van der Waals surface area contributed by atoms with Crippen molar-refractivity contribution in [3.63, 3.8) is 0 Å². The molecule has 0 amide bonds. The first-order chi connectivity index (χ1) is 29.9. The van der Waals surface area contributed by atoms with Crippen LogP contribution in [0.1, 0.15) is 16.7 Å². The quantitative estimate of drug-likeness (QED) is 0.115. The molecule has 0 fully saturated rings. The van der Waals surface area contributed by atoms with Gasteiger partial charge in [-0.3, -0.25) is 0 Å². The van der Waals surface area contributed by atoms with Crippen LogP contribution >= 0.6 is 0 Å². The number of hydrogen-bond acceptors (Lipinski definition) is 4. The summed E-state index contributed by atoms with van der Waals surface area (Å²) in [5.41, 5.74) is 20.3. The minimum absolute atomic E-state index is 1.02. The van der Waals surface area contributed by atoms with Gasteiger partial charge in [-0.25, -0.2) is 0 Å². The molecule has 4 nitrogen and oxygen atoms in total. The van der Waals surface area contributed by atoms with E-state index >= 15 is 0 Å². The first-order valence-corrected chi connectivity index (χ1v) is 20.8. The molecule has 3 N–H and O–H groups in total. The van der Waals surface area contributed by atoms with Crippen molar-refractivity contribution in [3.8, 4) is 33.4 Å². The number of benzene rings is 9. The molecule has 4 heteroatoms. The maximum Gasteiger partial charge on any atom is 0.0463 e. The van der Waals surface area contributed by atoms with Crippen LogP contribution < -0.4 is 20.9 Å². The summed E-state index contributed by atoms with van der Waals surface area (Å²) >= 11 is 0. The zero-order chi connectivity index (χ0) is 41.5. The predicted octanol–water partition coefficient (Wildman–Crippen LogP) is 16.3. The Morgan fingerprint density at radius 1 is 0.246 bits per heavy atom. The molecule has 9 aromatic carbocycles. The molecule has 0 radical (unpaired) electrons. The standard InChI is InChI=1S/C57H48N4/c1-40-10-4-13-43(34-40)46-16-7-19-52(37-46)58-49-22-28-55(29-23-49)61(56-30-24-50(25-31-56)59-53-20-8-17-47(38-53)44-14-5-11-41(2)35-44)57-32-26-51(27-33-57)60-54-21-9-18-48(39-54)45-15-6-12-42(3)36-45/h4-39,58-60H,1-3H3. The van der Waals surface area contributed by atoms with Crippen molar-refractivity contribution < 1.29 is 0 Å². The summed E-state index contributed by atoms with van der Waals surface area (Å²) in [4.78, 5) is 2.30. The second kappa shape index (κ2) is 17.6. The molecule has 0 atom stereocenters. The molecule has 0 bridgehead atoms. The van der Waals surface area contributed by atoms with Gasteiger partial charge in [0.1, 0.15) is 0 Å². The monoisotopic (exact) mass is 788 g/mol. The van der Waals surface area contributed by atoms with Gasteiger partial charge < -0.3 is 20.9 Å². The average Bonchev–Trinajstić information content (AvgIpc) is 3.28. The van der Waals surface area contributed by atoms with Crippen molar-refractivity contribution in [2.45, 2.75) is 20.8 Å². The van der Waals surface area contributed by atoms with E-state index in [4.69, 9.17) is 0 Å². The molecule has 0 saturated carbocycles. The van der Waals surface area contributed by atoms with Crippen LogP contribution in [0.2, 0.25) is 0 Å². The van der Waals surface area contributed by atoms with E-state index < -0.39 is 0 Å². The Labute approximate surface area is 359 Å². The van der Waals surface area contributed by atoms with Gasteiger partial charge in [-0.15, -0.1) is 0 Å². The lowest BCUT2D eigenvalue weighted by atomic mass is 10.0. The predicted molar refractivity (Wildman–Crippen MR) is 261 cm³/mol. The number of nitrogens with one attached hydrogen (secondary N) is 3. The molecular formula is C57H48N4. The van der Waals surface area contributed by atoms with Gasteiger partial charge in [0.25, 0.3) is 0 Å². The maximum atomic E-state index is 3.63. The van der Waals surface area contributed by atoms with Crippen LogP contribution in [-0.4, -0.2) is 0 Å². The number of hydrogen-bond donors (Lipinski definition) is 3. The fourth-order valence-corrected chi connectivity index (χ4v) is 7.83. The molecule has 0 aromatic heterocycles. The van der Waals surface area contributed by atoms with E-state index in [0.717, 1.165) is 51.2 Å². The van der Waals surface area contributed by atoms with Crippen LogP contribution in [0, 0.1) is 20.8 Å². The number of rotatable bonds is 12. The lowest BCUT2D eigenvalue weighted by molar-refractivity contribution is 1.28. The molecule has 296 valence electrons. The third-order valence-corrected chi connectivity index (χ3v) is 10.9. The van der Waals surface area contributed by atoms with E-state index in [0.29, 0.717) is 0 Å². The molecule has 0 aliphatic carbocycles. The Morgan fingerprint density at radius 2 is 0.492 bits per heavy atom. The van der Waals surface area contributed by atoms with Gasteiger partial charge in [0.2, 0.25) is 0 Å². The Morgan fingerprint density at radius 3 is 0.754 bits per heavy atom. The smallest absolute Gasteiger partial charge is 0.0463 e. The SMILES string of the molecule is Cc1cccc(-c2cccc(Nc3ccc(N(c4ccc(Nc5cccc(-c6cccc(C)c6)c5)cc4)c4ccc(Nc5cccc(-c6cccc(C)c6)c5)cc4)cc3)c2)c1. The highest BCUT2D eigenvalue weighted by Crippen LogP contribution is 2.38. The normalized spacial score (nSPS) is 10.9. The summed E-state index contributed by atoms with van der Waals surface area (Å²) in [5.74, 6) is 0. The van der Waals surface area contributed by atoms with Crippen LogP contribution in [-0.2, 0) is 0 Å². The number of aryl methyl sites for hydroxylation is 3. The highest BCUT2D eigenvalue weighted by Gasteiger charge is 2.14. The van der Waals surface area contributed by atoms with E-state index in [2.05, 4.69) is 260 Å². The summed E-state index contributed by atoms with van der Waals surface area (Å²) in [5, 5.41) is 10.9. The summed E-state index contributed by atoms with van der Waals surface area (Å²) in [6.45, 7) is 6.39. The van der Waals surface area contributed by atoms with Crippen LogP contribution in [0.5, 0.6) is 0 Å². The summed E-state index contributed by atoms with van der Waals surface area (Å²) in [6, 6.07) is 77.6. The van der Waals surface area contributed by atoms with E-state index in [1.165, 1.54) is 50.1 Å². The average molecular weight is 789 g/mol. The molecule has 0 aliphatic rings. The molecule has 0 heterocycles. The van der Waals surface area contributed by atoms with E-state index in [1.807, 2.05) is 0 Å². The molecule has 9 aromatic rings. The second-order valence-corrected chi connectivity index (χ2v) is 15.7. The molecule has 0 unspecified atom stereocenters. The molecule has 0 spiro atoms. The Balaban J connectivity index is 0.980. The Bertz CT molecular complexity index is 2590. The van der Waals surface area contributed by atoms with Crippen molar-refractivity contribution in [3.05, 3.63) is 235 Å². The Kier molecular flexibility index (Phi) is 11.1. The topological polar surface area (TPSA) is 39.3 Å². The third-order valence-electron chi connectivity index (χ3n) is 10.9. The van der Waals surface area contributed by atoms with Crippen LogP contribution in [0.15, 0.2) is 218 Å². The molecule has 9 rings (SSSR count). The van der Waals surface area contributed by atoms with Gasteiger partial charge in [-0.2, -0.15) is 0 Å². The van der Waals surface area contributed by atoms with E-state index in [1.54, 1.807) is 0 Å². The minimum Gasteiger partial charge on any atom is -0.356 e. The van der Waals surface area contributed by atoms with Crippen molar-refractivity contribution in [2.75, 3.05) is 20.9 Å². The van der Waals surface area contributed by atoms with Crippen LogP contribution in [0.25, 0.3) is 33.4 Å². The third kappa shape index (κ3) is 9.41. The fraction of sp³-hybridized carbons (Fsp3) is 0.0526. The Hall–Kier alpha value is -7.82. The zero-order valence-electron chi connectivity index (χ0n) is 34.7. The number of anilines is 9. The molecule has 0 aliphatic heterocycles. The van der Waals surface area contributed by atoms with Crippen molar-refractivity contribution in [1.29, 1.82) is 0 Å². The molecule has 0 saturated heterocycles. The van der Waals surface area contributed by atoms with Crippen molar-refractivity contribution in [2.24, 2.45) is 0 Å². The molecule has 61 heavy (non-hydrogen) atoms. The minimum atomic E-state index is 1.02. The fourth-order valence-electron chi connectivity index (χ4n) is 7.83. The lowest BCUT2D eigenvalue weighted by Crippen LogP contribution is -2.10. The van der Waals surface area contributed by atoms with Gasteiger partial charge in [0.05, 0.1) is 0 Å². The van der Waals surface area contributed by atoms with Gasteiger partial charge in [0, 0.05) is 51.2 Å². The van der Waals surface area contributed by atoms with Crippen LogP contribution in [0.3, 0.4) is 0 Å². The van der Waals surface area contributed by atoms with Gasteiger partial charge in [-0.05, 0) is 163 Å². The first kappa shape index (κ1) is 38.7. The van der Waals surface area contributed by atoms with Crippen LogP contribution in [0.4, 0.5) is 51.2 Å². The summed E-state index contributed by atoms with van der Waals surface area (Å²) < 4.78 is 0. The summed E-state index contributed by atoms with van der Waals surface area (Å²) in [7, 11) is 0. The highest BCUT2D eigenvalue weighted by atomic mass is 15.1. The van der Waals surface area contributed by atoms with Gasteiger partial charge >= 0.3 is 0 Å². The molecular weight excluding hydrogens is 741 g/mol. The van der Waals surface area contributed by atoms with Crippen molar-refractivity contribution in [1.82, 2.24) is 0 Å². The lowest BCUT2D eigenvalue weighted by Gasteiger charge is -2.26. The van der Waals surface area contributed by atoms with E-state index in [-0.39, 0.29) is 0 Å². The highest BCUT2D eigenvalue weighted by molar-refractivity contribution is 5.81. The summed E-state index contributed by atoms with van der Waals surface area (Å²) in [6.07, 6.45) is 0. The second-order valence-electron chi connectivity index (χ2n) is 15.7. The van der Waals surface area contributed by atoms with Gasteiger partial charge in [0.15, 0.2) is 0 Å². The van der Waals surface area contributed by atoms with Crippen molar-refractivity contribution >= 4 is 51.2 Å². The maximum absolute atomic E-state index is 3.63. The first-order valence-electron chi connectivity index (χ1n) is 20.8. The largest absolute Gasteiger partial charge is 0.356 e. The number of nitrogens with zero attached hydrogens (tertiary/aromatic N) is 1. The van der Waals surface area contributed by atoms with Gasteiger partial charge in [-0.1, -0.05) is 126 Å².